The molecule has 3 rings (SSSR count). The summed E-state index contributed by atoms with van der Waals surface area (Å²) < 4.78 is 68.3. The number of sulfonamides is 1. The summed E-state index contributed by atoms with van der Waals surface area (Å²) in [6, 6.07) is 2.69. The van der Waals surface area contributed by atoms with Crippen molar-refractivity contribution in [2.24, 2.45) is 0 Å². The Kier molecular flexibility index (Phi) is 5.56. The second kappa shape index (κ2) is 7.48. The van der Waals surface area contributed by atoms with Crippen molar-refractivity contribution in [1.82, 2.24) is 14.8 Å². The number of piperidine rings is 1. The van der Waals surface area contributed by atoms with Crippen molar-refractivity contribution in [3.8, 4) is 10.6 Å². The number of nitrogens with zero attached hydrogens (tertiary/aromatic N) is 2. The molecule has 1 aliphatic rings. The average molecular weight is 437 g/mol. The maximum Gasteiger partial charge on any atom is 0.452 e. The molecular formula is C16H18F3N3O4S2. The molecule has 0 spiro atoms. The van der Waals surface area contributed by atoms with E-state index in [1.165, 1.54) is 19.1 Å². The van der Waals surface area contributed by atoms with Gasteiger partial charge in [0.1, 0.15) is 5.69 Å². The van der Waals surface area contributed by atoms with Gasteiger partial charge in [0, 0.05) is 24.7 Å². The van der Waals surface area contributed by atoms with Crippen LogP contribution in [0.1, 0.15) is 33.8 Å². The van der Waals surface area contributed by atoms with Crippen LogP contribution in [0.25, 0.3) is 10.6 Å². The van der Waals surface area contributed by atoms with Crippen LogP contribution in [0.15, 0.2) is 16.7 Å². The summed E-state index contributed by atoms with van der Waals surface area (Å²) in [5.41, 5.74) is -0.0876. The third-order valence-electron chi connectivity index (χ3n) is 4.32. The standard InChI is InChI=1S/C16H18F3N3O4S2/c1-9-13(20-26-14(9)16(17,18)19)11-5-6-12(27-11)15(23)22-7-3-4-10(8-22)21-28(2,24)25/h5-6,10,21H,3-4,7-8H2,1-2H3/t10-/m1/s1. The van der Waals surface area contributed by atoms with Crippen LogP contribution in [0.5, 0.6) is 0 Å². The minimum absolute atomic E-state index is 0.0478. The number of carbonyl (C=O) groups is 1. The van der Waals surface area contributed by atoms with Crippen LogP contribution in [-0.2, 0) is 16.2 Å². The highest BCUT2D eigenvalue weighted by atomic mass is 32.2. The van der Waals surface area contributed by atoms with Crippen molar-refractivity contribution in [3.63, 3.8) is 0 Å². The number of hydrogen-bond donors (Lipinski definition) is 1. The quantitative estimate of drug-likeness (QED) is 0.794. The molecule has 7 nitrogen and oxygen atoms in total. The Bertz CT molecular complexity index is 982. The van der Waals surface area contributed by atoms with E-state index < -0.39 is 22.0 Å². The molecule has 1 atom stereocenters. The van der Waals surface area contributed by atoms with Crippen LogP contribution in [0.3, 0.4) is 0 Å². The third-order valence-corrected chi connectivity index (χ3v) is 6.16. The first-order valence-electron chi connectivity index (χ1n) is 8.36. The molecule has 0 bridgehead atoms. The minimum atomic E-state index is -4.64. The molecule has 2 aromatic heterocycles. The van der Waals surface area contributed by atoms with Crippen molar-refractivity contribution >= 4 is 27.3 Å². The van der Waals surface area contributed by atoms with Crippen molar-refractivity contribution in [1.29, 1.82) is 0 Å². The molecule has 0 saturated carbocycles. The van der Waals surface area contributed by atoms with E-state index in [1.54, 1.807) is 4.90 Å². The fourth-order valence-electron chi connectivity index (χ4n) is 3.13. The number of thiophene rings is 1. The average Bonchev–Trinajstić information content (AvgIpc) is 3.18. The van der Waals surface area contributed by atoms with Crippen molar-refractivity contribution < 1.29 is 30.9 Å². The maximum atomic E-state index is 12.9. The van der Waals surface area contributed by atoms with Gasteiger partial charge >= 0.3 is 6.18 Å². The number of amides is 1. The van der Waals surface area contributed by atoms with Crippen molar-refractivity contribution in [2.45, 2.75) is 32.0 Å². The number of hydrogen-bond acceptors (Lipinski definition) is 6. The molecule has 1 N–H and O–H groups in total. The lowest BCUT2D eigenvalue weighted by Crippen LogP contribution is -2.49. The summed E-state index contributed by atoms with van der Waals surface area (Å²) in [6.45, 7) is 1.98. The van der Waals surface area contributed by atoms with Gasteiger partial charge < -0.3 is 9.42 Å². The highest BCUT2D eigenvalue weighted by Crippen LogP contribution is 2.38. The zero-order valence-electron chi connectivity index (χ0n) is 15.0. The smallest absolute Gasteiger partial charge is 0.351 e. The van der Waals surface area contributed by atoms with Gasteiger partial charge in [0.05, 0.1) is 16.0 Å². The normalized spacial score (nSPS) is 18.5. The second-order valence-electron chi connectivity index (χ2n) is 6.63. The van der Waals surface area contributed by atoms with E-state index in [0.717, 1.165) is 17.6 Å². The summed E-state index contributed by atoms with van der Waals surface area (Å²) in [7, 11) is -3.38. The van der Waals surface area contributed by atoms with Gasteiger partial charge in [-0.2, -0.15) is 13.2 Å². The molecule has 1 amide bonds. The highest BCUT2D eigenvalue weighted by molar-refractivity contribution is 7.88. The van der Waals surface area contributed by atoms with Gasteiger partial charge in [0.2, 0.25) is 15.8 Å². The minimum Gasteiger partial charge on any atom is -0.351 e. The summed E-state index contributed by atoms with van der Waals surface area (Å²) in [5, 5.41) is 3.50. The fraction of sp³-hybridized carbons (Fsp3) is 0.500. The van der Waals surface area contributed by atoms with Gasteiger partial charge in [-0.25, -0.2) is 13.1 Å². The molecule has 0 unspecified atom stereocenters. The van der Waals surface area contributed by atoms with Crippen LogP contribution < -0.4 is 4.72 Å². The van der Waals surface area contributed by atoms with E-state index in [9.17, 15) is 26.4 Å². The molecule has 1 aliphatic heterocycles. The number of aromatic nitrogens is 1. The lowest BCUT2D eigenvalue weighted by molar-refractivity contribution is -0.156. The van der Waals surface area contributed by atoms with E-state index in [2.05, 4.69) is 14.4 Å². The number of nitrogens with one attached hydrogen (secondary N) is 1. The fourth-order valence-corrected chi connectivity index (χ4v) is 4.94. The topological polar surface area (TPSA) is 92.5 Å². The van der Waals surface area contributed by atoms with Crippen LogP contribution in [-0.4, -0.2) is 49.8 Å². The summed E-state index contributed by atoms with van der Waals surface area (Å²) >= 11 is 1.02. The van der Waals surface area contributed by atoms with Gasteiger partial charge in [-0.05, 0) is 31.9 Å². The predicted octanol–water partition coefficient (Wildman–Crippen LogP) is 2.88. The molecule has 154 valence electrons. The number of halogens is 3. The Balaban J connectivity index is 1.77. The summed E-state index contributed by atoms with van der Waals surface area (Å²) in [6.07, 6.45) is -2.30. The largest absolute Gasteiger partial charge is 0.452 e. The SMILES string of the molecule is Cc1c(-c2ccc(C(=O)N3CCC[C@@H](NS(C)(=O)=O)C3)s2)noc1C(F)(F)F. The van der Waals surface area contributed by atoms with Crippen LogP contribution in [0.2, 0.25) is 0 Å². The van der Waals surface area contributed by atoms with E-state index in [1.807, 2.05) is 0 Å². The molecule has 12 heteroatoms. The molecule has 28 heavy (non-hydrogen) atoms. The van der Waals surface area contributed by atoms with Gasteiger partial charge in [-0.1, -0.05) is 5.16 Å². The van der Waals surface area contributed by atoms with Crippen LogP contribution >= 0.6 is 11.3 Å². The van der Waals surface area contributed by atoms with Gasteiger partial charge in [0.15, 0.2) is 0 Å². The predicted molar refractivity (Wildman–Crippen MR) is 96.5 cm³/mol. The van der Waals surface area contributed by atoms with E-state index >= 15 is 0 Å². The molecule has 2 aromatic rings. The highest BCUT2D eigenvalue weighted by Gasteiger charge is 2.39. The molecular weight excluding hydrogens is 419 g/mol. The Morgan fingerprint density at radius 1 is 1.39 bits per heavy atom. The second-order valence-corrected chi connectivity index (χ2v) is 9.49. The van der Waals surface area contributed by atoms with E-state index in [-0.39, 0.29) is 29.8 Å². The zero-order chi connectivity index (χ0) is 20.7. The first-order chi connectivity index (χ1) is 13.0. The Hall–Kier alpha value is -1.92. The van der Waals surface area contributed by atoms with Gasteiger partial charge in [0.25, 0.3) is 5.91 Å². The molecule has 0 aliphatic carbocycles. The van der Waals surface area contributed by atoms with E-state index in [4.69, 9.17) is 0 Å². The first-order valence-corrected chi connectivity index (χ1v) is 11.1. The molecule has 1 fully saturated rings. The Morgan fingerprint density at radius 2 is 2.11 bits per heavy atom. The molecule has 3 heterocycles. The number of carbonyl (C=O) groups excluding carboxylic acids is 1. The summed E-state index contributed by atoms with van der Waals surface area (Å²) in [4.78, 5) is 15.0. The summed E-state index contributed by atoms with van der Waals surface area (Å²) in [5.74, 6) is -1.46. The van der Waals surface area contributed by atoms with Gasteiger partial charge in [-0.3, -0.25) is 4.79 Å². The first kappa shape index (κ1) is 20.8. The Morgan fingerprint density at radius 3 is 2.71 bits per heavy atom. The zero-order valence-corrected chi connectivity index (χ0v) is 16.7. The van der Waals surface area contributed by atoms with Crippen LogP contribution in [0, 0.1) is 6.92 Å². The van der Waals surface area contributed by atoms with Crippen molar-refractivity contribution in [3.05, 3.63) is 28.3 Å². The van der Waals surface area contributed by atoms with Crippen molar-refractivity contribution in [2.75, 3.05) is 19.3 Å². The monoisotopic (exact) mass is 437 g/mol. The lowest BCUT2D eigenvalue weighted by atomic mass is 10.1. The molecule has 0 aromatic carbocycles. The number of rotatable bonds is 4. The van der Waals surface area contributed by atoms with Gasteiger partial charge in [-0.15, -0.1) is 11.3 Å². The number of alkyl halides is 3. The molecule has 0 radical (unpaired) electrons. The maximum absolute atomic E-state index is 12.9. The third kappa shape index (κ3) is 4.55. The Labute approximate surface area is 163 Å². The lowest BCUT2D eigenvalue weighted by Gasteiger charge is -2.32. The molecule has 1 saturated heterocycles. The van der Waals surface area contributed by atoms with Crippen LogP contribution in [0.4, 0.5) is 13.2 Å². The van der Waals surface area contributed by atoms with E-state index in [0.29, 0.717) is 29.1 Å². The number of likely N-dealkylation sites (tertiary alicyclic amines) is 1.